The van der Waals surface area contributed by atoms with E-state index in [1.807, 2.05) is 4.90 Å². The second-order valence-corrected chi connectivity index (χ2v) is 6.46. The van der Waals surface area contributed by atoms with Crippen molar-refractivity contribution in [1.82, 2.24) is 4.90 Å². The summed E-state index contributed by atoms with van der Waals surface area (Å²) in [4.78, 5) is 1.96. The lowest BCUT2D eigenvalue weighted by molar-refractivity contribution is -0.137. The fraction of sp³-hybridized carbons (Fsp3) is 0.625. The molecule has 1 aromatic rings. The van der Waals surface area contributed by atoms with E-state index in [9.17, 15) is 22.7 Å². The fourth-order valence-corrected chi connectivity index (χ4v) is 3.28. The Morgan fingerprint density at radius 3 is 2.36 bits per heavy atom. The lowest BCUT2D eigenvalue weighted by Crippen LogP contribution is -2.38. The summed E-state index contributed by atoms with van der Waals surface area (Å²) >= 11 is 0. The van der Waals surface area contributed by atoms with E-state index in [2.05, 4.69) is 0 Å². The number of hydrogen-bond acceptors (Lipinski definition) is 2. The predicted molar refractivity (Wildman–Crippen MR) is 73.6 cm³/mol. The lowest BCUT2D eigenvalue weighted by atomic mass is 9.89. The van der Waals surface area contributed by atoms with Crippen LogP contribution in [0.2, 0.25) is 0 Å². The minimum atomic E-state index is -4.45. The highest BCUT2D eigenvalue weighted by atomic mass is 19.4. The van der Waals surface area contributed by atoms with Crippen molar-refractivity contribution >= 4 is 0 Å². The molecule has 1 saturated heterocycles. The van der Waals surface area contributed by atoms with Crippen LogP contribution < -0.4 is 0 Å². The molecular weight excluding hydrogens is 298 g/mol. The van der Waals surface area contributed by atoms with Gasteiger partial charge in [-0.25, -0.2) is 4.39 Å². The number of nitrogens with zero attached hydrogens (tertiary/aromatic N) is 1. The maximum Gasteiger partial charge on any atom is 0.416 e. The molecule has 6 heteroatoms. The first-order valence-electron chi connectivity index (χ1n) is 7.58. The molecule has 0 atom stereocenters. The Morgan fingerprint density at radius 1 is 1.18 bits per heavy atom. The van der Waals surface area contributed by atoms with E-state index >= 15 is 0 Å². The Bertz CT molecular complexity index is 546. The average molecular weight is 317 g/mol. The Morgan fingerprint density at radius 2 is 1.82 bits per heavy atom. The third kappa shape index (κ3) is 3.27. The second-order valence-electron chi connectivity index (χ2n) is 6.46. The van der Waals surface area contributed by atoms with Gasteiger partial charge in [0.25, 0.3) is 0 Å². The van der Waals surface area contributed by atoms with Gasteiger partial charge in [0.15, 0.2) is 0 Å². The third-order valence-electron chi connectivity index (χ3n) is 4.88. The van der Waals surface area contributed by atoms with Gasteiger partial charge in [0.1, 0.15) is 5.82 Å². The summed E-state index contributed by atoms with van der Waals surface area (Å²) in [6, 6.07) is 2.56. The smallest absolute Gasteiger partial charge is 0.390 e. The van der Waals surface area contributed by atoms with E-state index in [0.29, 0.717) is 13.1 Å². The molecule has 0 spiro atoms. The van der Waals surface area contributed by atoms with Crippen LogP contribution in [-0.2, 0) is 12.7 Å². The number of alkyl halides is 3. The molecular formula is C16H19F4NO. The zero-order valence-electron chi connectivity index (χ0n) is 12.2. The van der Waals surface area contributed by atoms with Crippen LogP contribution in [0.25, 0.3) is 0 Å². The molecule has 0 unspecified atom stereocenters. The molecule has 3 rings (SSSR count). The van der Waals surface area contributed by atoms with Crippen LogP contribution in [0, 0.1) is 11.7 Å². The van der Waals surface area contributed by atoms with Crippen LogP contribution in [-0.4, -0.2) is 28.7 Å². The van der Waals surface area contributed by atoms with Crippen molar-refractivity contribution in [1.29, 1.82) is 0 Å². The van der Waals surface area contributed by atoms with Crippen LogP contribution in [0.5, 0.6) is 0 Å². The van der Waals surface area contributed by atoms with Crippen molar-refractivity contribution in [3.05, 3.63) is 35.1 Å². The summed E-state index contributed by atoms with van der Waals surface area (Å²) in [7, 11) is 0. The summed E-state index contributed by atoms with van der Waals surface area (Å²) in [6.07, 6.45) is -1.13. The first kappa shape index (κ1) is 15.7. The molecule has 22 heavy (non-hydrogen) atoms. The number of benzene rings is 1. The molecule has 1 saturated carbocycles. The Labute approximate surface area is 126 Å². The van der Waals surface area contributed by atoms with Crippen LogP contribution >= 0.6 is 0 Å². The first-order valence-corrected chi connectivity index (χ1v) is 7.58. The van der Waals surface area contributed by atoms with Gasteiger partial charge >= 0.3 is 6.18 Å². The zero-order chi connectivity index (χ0) is 16.0. The van der Waals surface area contributed by atoms with E-state index in [-0.39, 0.29) is 18.0 Å². The monoisotopic (exact) mass is 317 g/mol. The van der Waals surface area contributed by atoms with Crippen molar-refractivity contribution in [2.24, 2.45) is 5.92 Å². The maximum absolute atomic E-state index is 13.8. The summed E-state index contributed by atoms with van der Waals surface area (Å²) in [6.45, 7) is 1.55. The van der Waals surface area contributed by atoms with Crippen molar-refractivity contribution < 1.29 is 22.7 Å². The molecule has 122 valence electrons. The molecule has 2 nitrogen and oxygen atoms in total. The van der Waals surface area contributed by atoms with Crippen molar-refractivity contribution in [2.45, 2.75) is 44.0 Å². The SMILES string of the molecule is OC1(C2CCN(Cc3cc(C(F)(F)F)ccc3F)CC2)CC1. The van der Waals surface area contributed by atoms with Gasteiger partial charge in [-0.05, 0) is 62.9 Å². The second kappa shape index (κ2) is 5.49. The average Bonchev–Trinajstić information content (AvgIpc) is 3.20. The van der Waals surface area contributed by atoms with Gasteiger partial charge in [-0.15, -0.1) is 0 Å². The van der Waals surface area contributed by atoms with E-state index in [4.69, 9.17) is 0 Å². The van der Waals surface area contributed by atoms with Gasteiger partial charge in [-0.3, -0.25) is 4.90 Å². The number of rotatable bonds is 3. The van der Waals surface area contributed by atoms with Gasteiger partial charge in [0, 0.05) is 12.1 Å². The van der Waals surface area contributed by atoms with Crippen LogP contribution in [0.3, 0.4) is 0 Å². The van der Waals surface area contributed by atoms with Crippen molar-refractivity contribution in [3.8, 4) is 0 Å². The summed E-state index contributed by atoms with van der Waals surface area (Å²) in [5.41, 5.74) is -1.24. The molecule has 1 heterocycles. The topological polar surface area (TPSA) is 23.5 Å². The van der Waals surface area contributed by atoms with Crippen LogP contribution in [0.15, 0.2) is 18.2 Å². The van der Waals surface area contributed by atoms with Gasteiger partial charge in [-0.1, -0.05) is 0 Å². The van der Waals surface area contributed by atoms with E-state index in [1.54, 1.807) is 0 Å². The zero-order valence-corrected chi connectivity index (χ0v) is 12.2. The molecule has 0 amide bonds. The summed E-state index contributed by atoms with van der Waals surface area (Å²) < 4.78 is 51.9. The van der Waals surface area contributed by atoms with Crippen LogP contribution in [0.1, 0.15) is 36.8 Å². The maximum atomic E-state index is 13.8. The Balaban J connectivity index is 1.64. The number of likely N-dealkylation sites (tertiary alicyclic amines) is 1. The number of piperidine rings is 1. The molecule has 2 fully saturated rings. The predicted octanol–water partition coefficient (Wildman–Crippen LogP) is 3.58. The Hall–Kier alpha value is -1.14. The lowest BCUT2D eigenvalue weighted by Gasteiger charge is -2.34. The quantitative estimate of drug-likeness (QED) is 0.861. The first-order chi connectivity index (χ1) is 10.3. The molecule has 0 bridgehead atoms. The van der Waals surface area contributed by atoms with Gasteiger partial charge in [0.2, 0.25) is 0 Å². The van der Waals surface area contributed by atoms with Gasteiger partial charge in [-0.2, -0.15) is 13.2 Å². The third-order valence-corrected chi connectivity index (χ3v) is 4.88. The van der Waals surface area contributed by atoms with Gasteiger partial charge < -0.3 is 5.11 Å². The summed E-state index contributed by atoms with van der Waals surface area (Å²) in [5, 5.41) is 10.1. The molecule has 1 aliphatic heterocycles. The highest BCUT2D eigenvalue weighted by molar-refractivity contribution is 5.27. The highest BCUT2D eigenvalue weighted by Crippen LogP contribution is 2.46. The Kier molecular flexibility index (Phi) is 3.93. The van der Waals surface area contributed by atoms with Crippen molar-refractivity contribution in [3.63, 3.8) is 0 Å². The van der Waals surface area contributed by atoms with E-state index in [1.165, 1.54) is 0 Å². The van der Waals surface area contributed by atoms with Gasteiger partial charge in [0.05, 0.1) is 11.2 Å². The van der Waals surface area contributed by atoms with Crippen molar-refractivity contribution in [2.75, 3.05) is 13.1 Å². The van der Waals surface area contributed by atoms with E-state index < -0.39 is 23.2 Å². The number of halogens is 4. The molecule has 1 aliphatic carbocycles. The normalized spacial score (nSPS) is 22.8. The minimum absolute atomic E-state index is 0.0819. The molecule has 0 aromatic heterocycles. The highest BCUT2D eigenvalue weighted by Gasteiger charge is 2.48. The molecule has 0 radical (unpaired) electrons. The molecule has 1 N–H and O–H groups in total. The fourth-order valence-electron chi connectivity index (χ4n) is 3.28. The minimum Gasteiger partial charge on any atom is -0.390 e. The number of hydrogen-bond donors (Lipinski definition) is 1. The van der Waals surface area contributed by atoms with Crippen LogP contribution in [0.4, 0.5) is 17.6 Å². The number of aliphatic hydroxyl groups is 1. The largest absolute Gasteiger partial charge is 0.416 e. The molecule has 1 aromatic carbocycles. The van der Waals surface area contributed by atoms with E-state index in [0.717, 1.165) is 43.9 Å². The standard InChI is InChI=1S/C16H19F4NO/c17-14-2-1-13(16(18,19)20)9-11(14)10-21-7-3-12(4-8-21)15(22)5-6-15/h1-2,9,12,22H,3-8,10H2. The summed E-state index contributed by atoms with van der Waals surface area (Å²) in [5.74, 6) is -0.328. The molecule has 2 aliphatic rings.